The zero-order chi connectivity index (χ0) is 28.0. The summed E-state index contributed by atoms with van der Waals surface area (Å²) < 4.78 is 18.6. The highest BCUT2D eigenvalue weighted by Gasteiger charge is 2.26. The first-order valence-corrected chi connectivity index (χ1v) is 12.3. The van der Waals surface area contributed by atoms with E-state index in [4.69, 9.17) is 29.9 Å². The van der Waals surface area contributed by atoms with E-state index in [1.54, 1.807) is 49.0 Å². The molecule has 194 valence electrons. The molecule has 0 aliphatic heterocycles. The van der Waals surface area contributed by atoms with Gasteiger partial charge in [0.15, 0.2) is 5.65 Å². The highest BCUT2D eigenvalue weighted by atomic mass is 16.5. The van der Waals surface area contributed by atoms with Crippen LogP contribution < -0.4 is 19.9 Å². The molecular formula is C31H22N6O3. The van der Waals surface area contributed by atoms with Crippen molar-refractivity contribution in [2.45, 2.75) is 6.92 Å². The standard InChI is InChI=1S/C31H22N6O3/c1-17-4-11-27-26(12-17)35-30-24(16-33)28(23(15-32)29(34)37(27)30)22-14-18-13-21(39-3)9-10-25(18)36-31(22)40-20-7-5-19(38-2)6-8-20/h4-14H,34H2,1-3H3. The maximum absolute atomic E-state index is 10.5. The second kappa shape index (κ2) is 9.50. The predicted molar refractivity (Wildman–Crippen MR) is 152 cm³/mol. The smallest absolute Gasteiger partial charge is 0.227 e. The van der Waals surface area contributed by atoms with Crippen LogP contribution in [0.5, 0.6) is 23.1 Å². The molecule has 3 aromatic carbocycles. The van der Waals surface area contributed by atoms with E-state index in [2.05, 4.69) is 12.1 Å². The second-order valence-corrected chi connectivity index (χ2v) is 9.17. The van der Waals surface area contributed by atoms with E-state index in [9.17, 15) is 10.5 Å². The molecule has 0 unspecified atom stereocenters. The fraction of sp³-hybridized carbons (Fsp3) is 0.0968. The summed E-state index contributed by atoms with van der Waals surface area (Å²) in [6.07, 6.45) is 0. The Morgan fingerprint density at radius 1 is 0.775 bits per heavy atom. The third-order valence-corrected chi connectivity index (χ3v) is 6.78. The summed E-state index contributed by atoms with van der Waals surface area (Å²) in [5.74, 6) is 2.17. The van der Waals surface area contributed by atoms with Gasteiger partial charge >= 0.3 is 0 Å². The summed E-state index contributed by atoms with van der Waals surface area (Å²) in [4.78, 5) is 9.53. The van der Waals surface area contributed by atoms with Gasteiger partial charge in [0.1, 0.15) is 46.3 Å². The van der Waals surface area contributed by atoms with Gasteiger partial charge in [0.25, 0.3) is 0 Å². The largest absolute Gasteiger partial charge is 0.497 e. The normalized spacial score (nSPS) is 10.9. The summed E-state index contributed by atoms with van der Waals surface area (Å²) in [5, 5.41) is 21.5. The number of rotatable bonds is 5. The van der Waals surface area contributed by atoms with E-state index in [1.165, 1.54) is 0 Å². The summed E-state index contributed by atoms with van der Waals surface area (Å²) in [6.45, 7) is 1.96. The van der Waals surface area contributed by atoms with E-state index in [-0.39, 0.29) is 22.8 Å². The fourth-order valence-electron chi connectivity index (χ4n) is 4.84. The Morgan fingerprint density at radius 3 is 2.17 bits per heavy atom. The lowest BCUT2D eigenvalue weighted by atomic mass is 9.95. The predicted octanol–water partition coefficient (Wildman–Crippen LogP) is 6.15. The quantitative estimate of drug-likeness (QED) is 0.283. The van der Waals surface area contributed by atoms with Crippen LogP contribution >= 0.6 is 0 Å². The number of imidazole rings is 1. The first-order chi connectivity index (χ1) is 19.4. The van der Waals surface area contributed by atoms with Gasteiger partial charge in [0.2, 0.25) is 5.88 Å². The van der Waals surface area contributed by atoms with E-state index >= 15 is 0 Å². The second-order valence-electron chi connectivity index (χ2n) is 9.17. The number of anilines is 1. The molecule has 6 rings (SSSR count). The Labute approximate surface area is 229 Å². The van der Waals surface area contributed by atoms with Crippen molar-refractivity contribution in [3.8, 4) is 46.4 Å². The number of nitrogens with zero attached hydrogens (tertiary/aromatic N) is 5. The lowest BCUT2D eigenvalue weighted by Crippen LogP contribution is -2.06. The number of aromatic nitrogens is 3. The Hall–Kier alpha value is -5.80. The zero-order valence-corrected chi connectivity index (χ0v) is 21.9. The van der Waals surface area contributed by atoms with Crippen molar-refractivity contribution in [2.75, 3.05) is 20.0 Å². The maximum Gasteiger partial charge on any atom is 0.227 e. The Morgan fingerprint density at radius 2 is 1.48 bits per heavy atom. The molecule has 0 amide bonds. The summed E-state index contributed by atoms with van der Waals surface area (Å²) in [5.41, 5.74) is 11.0. The third kappa shape index (κ3) is 3.85. The Bertz CT molecular complexity index is 2050. The maximum atomic E-state index is 10.5. The lowest BCUT2D eigenvalue weighted by Gasteiger charge is -2.17. The average Bonchev–Trinajstić information content (AvgIpc) is 3.35. The van der Waals surface area contributed by atoms with Crippen LogP contribution in [-0.4, -0.2) is 28.6 Å². The van der Waals surface area contributed by atoms with Crippen LogP contribution in [0, 0.1) is 29.6 Å². The van der Waals surface area contributed by atoms with Crippen LogP contribution in [-0.2, 0) is 0 Å². The molecule has 0 spiro atoms. The minimum Gasteiger partial charge on any atom is -0.497 e. The number of nitriles is 2. The molecule has 0 fully saturated rings. The van der Waals surface area contributed by atoms with Gasteiger partial charge in [-0.25, -0.2) is 9.97 Å². The SMILES string of the molecule is COc1ccc(Oc2nc3ccc(OC)cc3cc2-c2c(C#N)c(N)n3c(nc4cc(C)ccc43)c2C#N)cc1. The molecule has 9 nitrogen and oxygen atoms in total. The first-order valence-electron chi connectivity index (χ1n) is 12.3. The van der Waals surface area contributed by atoms with Gasteiger partial charge in [0, 0.05) is 16.5 Å². The monoisotopic (exact) mass is 526 g/mol. The van der Waals surface area contributed by atoms with Crippen LogP contribution in [0.3, 0.4) is 0 Å². The van der Waals surface area contributed by atoms with Gasteiger partial charge in [-0.15, -0.1) is 0 Å². The van der Waals surface area contributed by atoms with Crippen molar-refractivity contribution in [1.82, 2.24) is 14.4 Å². The van der Waals surface area contributed by atoms with Gasteiger partial charge in [-0.05, 0) is 73.2 Å². The number of pyridine rings is 2. The van der Waals surface area contributed by atoms with Crippen molar-refractivity contribution < 1.29 is 14.2 Å². The molecule has 0 saturated carbocycles. The van der Waals surface area contributed by atoms with Gasteiger partial charge in [-0.1, -0.05) is 6.07 Å². The number of fused-ring (bicyclic) bond motifs is 4. The van der Waals surface area contributed by atoms with Crippen LogP contribution in [0.4, 0.5) is 5.82 Å². The van der Waals surface area contributed by atoms with Crippen LogP contribution in [0.25, 0.3) is 38.7 Å². The molecule has 0 atom stereocenters. The fourth-order valence-corrected chi connectivity index (χ4v) is 4.84. The van der Waals surface area contributed by atoms with Crippen LogP contribution in [0.2, 0.25) is 0 Å². The number of methoxy groups -OCH3 is 2. The molecule has 2 N–H and O–H groups in total. The molecule has 0 aliphatic carbocycles. The number of aryl methyl sites for hydroxylation is 1. The minimum atomic E-state index is 0.118. The topological polar surface area (TPSA) is 131 Å². The van der Waals surface area contributed by atoms with Crippen molar-refractivity contribution in [3.63, 3.8) is 0 Å². The Balaban J connectivity index is 1.70. The van der Waals surface area contributed by atoms with Crippen LogP contribution in [0.15, 0.2) is 66.7 Å². The van der Waals surface area contributed by atoms with Crippen molar-refractivity contribution in [3.05, 3.63) is 83.4 Å². The first kappa shape index (κ1) is 24.5. The molecule has 0 saturated heterocycles. The minimum absolute atomic E-state index is 0.118. The molecule has 3 aromatic heterocycles. The zero-order valence-electron chi connectivity index (χ0n) is 21.9. The van der Waals surface area contributed by atoms with Crippen molar-refractivity contribution >= 4 is 33.4 Å². The van der Waals surface area contributed by atoms with E-state index in [0.717, 1.165) is 10.9 Å². The molecule has 0 bridgehead atoms. The van der Waals surface area contributed by atoms with Crippen LogP contribution in [0.1, 0.15) is 16.7 Å². The molecule has 3 heterocycles. The van der Waals surface area contributed by atoms with Gasteiger partial charge in [0.05, 0.1) is 30.8 Å². The van der Waals surface area contributed by atoms with Gasteiger partial charge < -0.3 is 19.9 Å². The summed E-state index contributed by atoms with van der Waals surface area (Å²) in [7, 11) is 3.17. The van der Waals surface area contributed by atoms with Crippen molar-refractivity contribution in [1.29, 1.82) is 10.5 Å². The number of ether oxygens (including phenoxy) is 3. The Kier molecular flexibility index (Phi) is 5.83. The highest BCUT2D eigenvalue weighted by molar-refractivity contribution is 5.96. The number of hydrogen-bond donors (Lipinski definition) is 1. The number of nitrogen functional groups attached to an aromatic ring is 1. The molecule has 6 aromatic rings. The van der Waals surface area contributed by atoms with E-state index in [0.29, 0.717) is 50.6 Å². The average molecular weight is 527 g/mol. The molecular weight excluding hydrogens is 504 g/mol. The van der Waals surface area contributed by atoms with Gasteiger partial charge in [-0.3, -0.25) is 4.40 Å². The third-order valence-electron chi connectivity index (χ3n) is 6.78. The number of benzene rings is 3. The summed E-state index contributed by atoms with van der Waals surface area (Å²) in [6, 6.07) is 24.5. The number of hydrogen-bond acceptors (Lipinski definition) is 8. The lowest BCUT2D eigenvalue weighted by molar-refractivity contribution is 0.412. The molecule has 0 aliphatic rings. The van der Waals surface area contributed by atoms with Gasteiger partial charge in [-0.2, -0.15) is 10.5 Å². The molecule has 0 radical (unpaired) electrons. The highest BCUT2D eigenvalue weighted by Crippen LogP contribution is 2.42. The van der Waals surface area contributed by atoms with E-state index in [1.807, 2.05) is 43.3 Å². The number of nitrogens with two attached hydrogens (primary N) is 1. The molecule has 40 heavy (non-hydrogen) atoms. The summed E-state index contributed by atoms with van der Waals surface area (Å²) >= 11 is 0. The van der Waals surface area contributed by atoms with E-state index < -0.39 is 0 Å². The molecule has 9 heteroatoms. The van der Waals surface area contributed by atoms with Crippen molar-refractivity contribution in [2.24, 2.45) is 0 Å².